The van der Waals surface area contributed by atoms with Crippen LogP contribution in [0.4, 0.5) is 0 Å². The first-order chi connectivity index (χ1) is 5.06. The molecular weight excluding hydrogens is 178 g/mol. The van der Waals surface area contributed by atoms with Gasteiger partial charge in [0.2, 0.25) is 0 Å². The number of quaternary nitrogens is 1. The number of rotatable bonds is 2. The Morgan fingerprint density at radius 1 is 1.25 bits per heavy atom. The highest BCUT2D eigenvalue weighted by Crippen LogP contribution is 1.90. The SMILES string of the molecule is CCC[N+](C)(C)C.CS(=O)(=O)[O-]. The molecule has 5 heteroatoms. The second kappa shape index (κ2) is 5.50. The van der Waals surface area contributed by atoms with Crippen LogP contribution in [-0.4, -0.2) is 51.4 Å². The van der Waals surface area contributed by atoms with E-state index in [0.29, 0.717) is 6.26 Å². The van der Waals surface area contributed by atoms with E-state index >= 15 is 0 Å². The summed E-state index contributed by atoms with van der Waals surface area (Å²) in [6.45, 7) is 3.49. The van der Waals surface area contributed by atoms with E-state index in [1.807, 2.05) is 0 Å². The highest BCUT2D eigenvalue weighted by Gasteiger charge is 2.01. The second-order valence-corrected chi connectivity index (χ2v) is 5.13. The van der Waals surface area contributed by atoms with E-state index in [1.54, 1.807) is 0 Å². The second-order valence-electron chi connectivity index (χ2n) is 3.72. The molecule has 0 spiro atoms. The third-order valence-corrected chi connectivity index (χ3v) is 0.894. The largest absolute Gasteiger partial charge is 0.748 e. The first-order valence-corrected chi connectivity index (χ1v) is 5.59. The van der Waals surface area contributed by atoms with Crippen LogP contribution < -0.4 is 0 Å². The van der Waals surface area contributed by atoms with Crippen LogP contribution in [-0.2, 0) is 10.1 Å². The average molecular weight is 197 g/mol. The van der Waals surface area contributed by atoms with Gasteiger partial charge in [0.25, 0.3) is 0 Å². The van der Waals surface area contributed by atoms with Gasteiger partial charge in [0, 0.05) is 6.26 Å². The van der Waals surface area contributed by atoms with Gasteiger partial charge in [-0.1, -0.05) is 6.92 Å². The highest BCUT2D eigenvalue weighted by molar-refractivity contribution is 7.84. The predicted molar refractivity (Wildman–Crippen MR) is 48.8 cm³/mol. The van der Waals surface area contributed by atoms with E-state index < -0.39 is 10.1 Å². The predicted octanol–water partition coefficient (Wildman–Crippen LogP) is 0.264. The first kappa shape index (κ1) is 14.4. The minimum Gasteiger partial charge on any atom is -0.748 e. The Balaban J connectivity index is 0. The molecule has 0 aliphatic carbocycles. The van der Waals surface area contributed by atoms with Crippen molar-refractivity contribution in [2.24, 2.45) is 0 Å². The van der Waals surface area contributed by atoms with Crippen LogP contribution in [0, 0.1) is 0 Å². The summed E-state index contributed by atoms with van der Waals surface area (Å²) in [5.74, 6) is 0. The number of hydrogen-bond donors (Lipinski definition) is 0. The lowest BCUT2D eigenvalue weighted by atomic mass is 10.4. The summed E-state index contributed by atoms with van der Waals surface area (Å²) in [4.78, 5) is 0. The third-order valence-electron chi connectivity index (χ3n) is 0.894. The quantitative estimate of drug-likeness (QED) is 0.471. The van der Waals surface area contributed by atoms with E-state index in [4.69, 9.17) is 13.0 Å². The van der Waals surface area contributed by atoms with Crippen LogP contribution in [0.2, 0.25) is 0 Å². The molecule has 0 saturated heterocycles. The number of hydrogen-bond acceptors (Lipinski definition) is 3. The molecule has 0 radical (unpaired) electrons. The van der Waals surface area contributed by atoms with E-state index in [-0.39, 0.29) is 0 Å². The fraction of sp³-hybridized carbons (Fsp3) is 1.00. The van der Waals surface area contributed by atoms with Gasteiger partial charge in [-0.15, -0.1) is 0 Å². The Hall–Kier alpha value is -0.130. The van der Waals surface area contributed by atoms with Crippen LogP contribution in [0.1, 0.15) is 13.3 Å². The van der Waals surface area contributed by atoms with Gasteiger partial charge < -0.3 is 9.04 Å². The standard InChI is InChI=1S/C6H16N.CH4O3S/c1-5-6-7(2,3)4;1-5(2,3)4/h5-6H2,1-4H3;1H3,(H,2,3,4)/q+1;/p-1. The molecule has 0 amide bonds. The molecule has 0 rings (SSSR count). The van der Waals surface area contributed by atoms with Crippen molar-refractivity contribution in [3.63, 3.8) is 0 Å². The van der Waals surface area contributed by atoms with Crippen LogP contribution in [0.3, 0.4) is 0 Å². The van der Waals surface area contributed by atoms with Crippen molar-refractivity contribution in [2.45, 2.75) is 13.3 Å². The van der Waals surface area contributed by atoms with Crippen molar-refractivity contribution < 1.29 is 17.5 Å². The molecule has 0 aliphatic heterocycles. The molecule has 0 aromatic heterocycles. The lowest BCUT2D eigenvalue weighted by molar-refractivity contribution is -0.870. The summed E-state index contributed by atoms with van der Waals surface area (Å²) in [5.41, 5.74) is 0. The molecular formula is C7H19NO3S. The lowest BCUT2D eigenvalue weighted by Crippen LogP contribution is -2.34. The van der Waals surface area contributed by atoms with E-state index in [9.17, 15) is 0 Å². The Bertz CT molecular complexity index is 183. The van der Waals surface area contributed by atoms with Gasteiger partial charge in [0.1, 0.15) is 0 Å². The normalized spacial score (nSPS) is 11.8. The summed E-state index contributed by atoms with van der Waals surface area (Å²) in [6.07, 6.45) is 1.89. The van der Waals surface area contributed by atoms with Crippen molar-refractivity contribution >= 4 is 10.1 Å². The minimum atomic E-state index is -3.92. The zero-order valence-corrected chi connectivity index (χ0v) is 9.31. The van der Waals surface area contributed by atoms with Gasteiger partial charge >= 0.3 is 0 Å². The van der Waals surface area contributed by atoms with Crippen LogP contribution >= 0.6 is 0 Å². The summed E-state index contributed by atoms with van der Waals surface area (Å²) < 4.78 is 28.3. The van der Waals surface area contributed by atoms with Crippen LogP contribution in [0.5, 0.6) is 0 Å². The first-order valence-electron chi connectivity index (χ1n) is 3.77. The Labute approximate surface area is 75.5 Å². The third kappa shape index (κ3) is 51.8. The summed E-state index contributed by atoms with van der Waals surface area (Å²) in [5, 5.41) is 0. The molecule has 0 aromatic carbocycles. The molecule has 0 atom stereocenters. The van der Waals surface area contributed by atoms with Crippen molar-refractivity contribution in [3.05, 3.63) is 0 Å². The maximum atomic E-state index is 9.08. The monoisotopic (exact) mass is 197 g/mol. The molecule has 0 N–H and O–H groups in total. The molecule has 0 aliphatic rings. The van der Waals surface area contributed by atoms with Gasteiger partial charge in [-0.25, -0.2) is 8.42 Å². The molecule has 0 saturated carbocycles. The van der Waals surface area contributed by atoms with E-state index in [2.05, 4.69) is 28.1 Å². The van der Waals surface area contributed by atoms with Crippen molar-refractivity contribution in [1.29, 1.82) is 0 Å². The molecule has 0 aromatic rings. The molecule has 76 valence electrons. The van der Waals surface area contributed by atoms with Crippen molar-refractivity contribution in [3.8, 4) is 0 Å². The topological polar surface area (TPSA) is 57.2 Å². The Kier molecular flexibility index (Phi) is 6.60. The van der Waals surface area contributed by atoms with Gasteiger partial charge in [-0.2, -0.15) is 0 Å². The van der Waals surface area contributed by atoms with Gasteiger partial charge in [-0.05, 0) is 6.42 Å². The molecule has 0 heterocycles. The zero-order chi connectivity index (χ0) is 10.4. The number of nitrogens with zero attached hydrogens (tertiary/aromatic N) is 1. The fourth-order valence-corrected chi connectivity index (χ4v) is 0.671. The van der Waals surface area contributed by atoms with E-state index in [0.717, 1.165) is 4.48 Å². The van der Waals surface area contributed by atoms with Gasteiger partial charge in [-0.3, -0.25) is 0 Å². The minimum absolute atomic E-state index is 0.604. The van der Waals surface area contributed by atoms with Gasteiger partial charge in [0.15, 0.2) is 0 Å². The Morgan fingerprint density at radius 3 is 1.50 bits per heavy atom. The van der Waals surface area contributed by atoms with Crippen molar-refractivity contribution in [2.75, 3.05) is 33.9 Å². The molecule has 0 bridgehead atoms. The molecule has 0 fully saturated rings. The molecule has 0 unspecified atom stereocenters. The zero-order valence-electron chi connectivity index (χ0n) is 8.49. The van der Waals surface area contributed by atoms with Crippen LogP contribution in [0.15, 0.2) is 0 Å². The fourth-order valence-electron chi connectivity index (χ4n) is 0.671. The maximum absolute atomic E-state index is 9.08. The average Bonchev–Trinajstić information content (AvgIpc) is 1.54. The highest BCUT2D eigenvalue weighted by atomic mass is 32.2. The van der Waals surface area contributed by atoms with E-state index in [1.165, 1.54) is 13.0 Å². The maximum Gasteiger partial charge on any atom is 0.0916 e. The Morgan fingerprint density at radius 2 is 1.50 bits per heavy atom. The summed E-state index contributed by atoms with van der Waals surface area (Å²) in [7, 11) is 2.72. The van der Waals surface area contributed by atoms with Crippen molar-refractivity contribution in [1.82, 2.24) is 0 Å². The smallest absolute Gasteiger partial charge is 0.0916 e. The molecule has 12 heavy (non-hydrogen) atoms. The summed E-state index contributed by atoms with van der Waals surface area (Å²) in [6, 6.07) is 0. The summed E-state index contributed by atoms with van der Waals surface area (Å²) >= 11 is 0. The van der Waals surface area contributed by atoms with Crippen LogP contribution in [0.25, 0.3) is 0 Å². The molecule has 4 nitrogen and oxygen atoms in total. The van der Waals surface area contributed by atoms with Gasteiger partial charge in [0.05, 0.1) is 37.8 Å². The lowest BCUT2D eigenvalue weighted by Gasteiger charge is -2.22.